The molecule has 0 unspecified atom stereocenters. The number of benzene rings is 1. The number of piperidine rings is 1. The first kappa shape index (κ1) is 19.8. The highest BCUT2D eigenvalue weighted by Gasteiger charge is 2.22. The van der Waals surface area contributed by atoms with E-state index in [9.17, 15) is 4.79 Å². The lowest BCUT2D eigenvalue weighted by atomic mass is 10.0. The summed E-state index contributed by atoms with van der Waals surface area (Å²) in [5, 5.41) is 4.75. The molecule has 3 heterocycles. The second-order valence-electron chi connectivity index (χ2n) is 7.80. The van der Waals surface area contributed by atoms with Crippen LogP contribution in [0.5, 0.6) is 0 Å². The van der Waals surface area contributed by atoms with Gasteiger partial charge in [0.15, 0.2) is 0 Å². The molecule has 1 aromatic carbocycles. The Kier molecular flexibility index (Phi) is 5.78. The standard InChI is InChI=1S/C22H27N5OS/c1-15-23-21(25-17-9-11-27(12-10-17)14-20(28)26(2)3)18-13-19(29-22(18)24-15)16-7-5-4-6-8-16/h4-8,13,17H,9-12,14H2,1-3H3,(H,23,24,25). The predicted octanol–water partition coefficient (Wildman–Crippen LogP) is 3.63. The van der Waals surface area contributed by atoms with E-state index in [4.69, 9.17) is 4.98 Å². The normalized spacial score (nSPS) is 15.6. The smallest absolute Gasteiger partial charge is 0.236 e. The highest BCUT2D eigenvalue weighted by molar-refractivity contribution is 7.21. The van der Waals surface area contributed by atoms with Gasteiger partial charge in [0.2, 0.25) is 5.91 Å². The molecule has 1 saturated heterocycles. The third-order valence-electron chi connectivity index (χ3n) is 5.35. The summed E-state index contributed by atoms with van der Waals surface area (Å²) in [7, 11) is 3.62. The minimum Gasteiger partial charge on any atom is -0.367 e. The molecule has 152 valence electrons. The van der Waals surface area contributed by atoms with Crippen LogP contribution in [0.1, 0.15) is 18.7 Å². The number of nitrogens with zero attached hydrogens (tertiary/aromatic N) is 4. The highest BCUT2D eigenvalue weighted by atomic mass is 32.1. The van der Waals surface area contributed by atoms with Crippen molar-refractivity contribution >= 4 is 33.3 Å². The molecule has 2 aromatic heterocycles. The van der Waals surface area contributed by atoms with Crippen LogP contribution < -0.4 is 5.32 Å². The van der Waals surface area contributed by atoms with Crippen molar-refractivity contribution in [1.82, 2.24) is 19.8 Å². The van der Waals surface area contributed by atoms with Crippen LogP contribution in [0.3, 0.4) is 0 Å². The zero-order valence-corrected chi connectivity index (χ0v) is 18.0. The maximum Gasteiger partial charge on any atom is 0.236 e. The van der Waals surface area contributed by atoms with Gasteiger partial charge in [0.05, 0.1) is 11.9 Å². The monoisotopic (exact) mass is 409 g/mol. The van der Waals surface area contributed by atoms with Crippen molar-refractivity contribution in [3.63, 3.8) is 0 Å². The van der Waals surface area contributed by atoms with Crippen LogP contribution in [-0.2, 0) is 4.79 Å². The number of hydrogen-bond acceptors (Lipinski definition) is 6. The summed E-state index contributed by atoms with van der Waals surface area (Å²) >= 11 is 1.71. The van der Waals surface area contributed by atoms with Crippen LogP contribution >= 0.6 is 11.3 Å². The summed E-state index contributed by atoms with van der Waals surface area (Å²) in [5.41, 5.74) is 1.21. The molecule has 3 aromatic rings. The zero-order chi connectivity index (χ0) is 20.4. The average molecular weight is 410 g/mol. The van der Waals surface area contributed by atoms with Crippen LogP contribution in [0, 0.1) is 6.92 Å². The summed E-state index contributed by atoms with van der Waals surface area (Å²) in [6.45, 7) is 4.29. The molecule has 1 aliphatic heterocycles. The predicted molar refractivity (Wildman–Crippen MR) is 119 cm³/mol. The van der Waals surface area contributed by atoms with Crippen LogP contribution in [-0.4, -0.2) is 65.4 Å². The van der Waals surface area contributed by atoms with E-state index in [0.717, 1.165) is 47.8 Å². The number of anilines is 1. The fourth-order valence-corrected chi connectivity index (χ4v) is 4.73. The molecule has 29 heavy (non-hydrogen) atoms. The second-order valence-corrected chi connectivity index (χ2v) is 8.83. The van der Waals surface area contributed by atoms with Crippen LogP contribution in [0.4, 0.5) is 5.82 Å². The summed E-state index contributed by atoms with van der Waals surface area (Å²) in [6, 6.07) is 13.0. The molecule has 4 rings (SSSR count). The van der Waals surface area contributed by atoms with Crippen molar-refractivity contribution in [2.45, 2.75) is 25.8 Å². The van der Waals surface area contributed by atoms with Gasteiger partial charge in [-0.3, -0.25) is 9.69 Å². The lowest BCUT2D eigenvalue weighted by Gasteiger charge is -2.32. The maximum absolute atomic E-state index is 11.9. The maximum atomic E-state index is 11.9. The first-order valence-electron chi connectivity index (χ1n) is 10.0. The van der Waals surface area contributed by atoms with E-state index >= 15 is 0 Å². The number of fused-ring (bicyclic) bond motifs is 1. The minimum atomic E-state index is 0.163. The van der Waals surface area contributed by atoms with Crippen LogP contribution in [0.15, 0.2) is 36.4 Å². The molecule has 0 saturated carbocycles. The molecule has 0 atom stereocenters. The molecule has 6 nitrogen and oxygen atoms in total. The molecule has 0 bridgehead atoms. The Hall–Kier alpha value is -2.51. The molecule has 1 fully saturated rings. The van der Waals surface area contributed by atoms with Gasteiger partial charge in [0.25, 0.3) is 0 Å². The van der Waals surface area contributed by atoms with Crippen LogP contribution in [0.2, 0.25) is 0 Å². The van der Waals surface area contributed by atoms with Crippen LogP contribution in [0.25, 0.3) is 20.7 Å². The van der Waals surface area contributed by atoms with E-state index < -0.39 is 0 Å². The number of likely N-dealkylation sites (tertiary alicyclic amines) is 1. The highest BCUT2D eigenvalue weighted by Crippen LogP contribution is 2.35. The lowest BCUT2D eigenvalue weighted by molar-refractivity contribution is -0.130. The Morgan fingerprint density at radius 2 is 1.93 bits per heavy atom. The summed E-state index contributed by atoms with van der Waals surface area (Å²) in [6.07, 6.45) is 2.00. The number of carbonyl (C=O) groups is 1. The number of aromatic nitrogens is 2. The van der Waals surface area contributed by atoms with E-state index in [-0.39, 0.29) is 5.91 Å². The Balaban J connectivity index is 1.48. The number of carbonyl (C=O) groups excluding carboxylic acids is 1. The average Bonchev–Trinajstić information content (AvgIpc) is 3.14. The molecular formula is C22H27N5OS. The van der Waals surface area contributed by atoms with Gasteiger partial charge in [-0.1, -0.05) is 30.3 Å². The second kappa shape index (κ2) is 8.47. The van der Waals surface area contributed by atoms with Gasteiger partial charge in [-0.2, -0.15) is 0 Å². The van der Waals surface area contributed by atoms with E-state index in [1.807, 2.05) is 27.1 Å². The molecule has 0 aliphatic carbocycles. The third kappa shape index (κ3) is 4.57. The Morgan fingerprint density at radius 1 is 1.21 bits per heavy atom. The van der Waals surface area contributed by atoms with Gasteiger partial charge < -0.3 is 10.2 Å². The van der Waals surface area contributed by atoms with Gasteiger partial charge in [-0.15, -0.1) is 11.3 Å². The topological polar surface area (TPSA) is 61.4 Å². The number of aryl methyl sites for hydroxylation is 1. The summed E-state index contributed by atoms with van der Waals surface area (Å²) in [4.78, 5) is 27.4. The number of hydrogen-bond donors (Lipinski definition) is 1. The van der Waals surface area contributed by atoms with Crippen molar-refractivity contribution in [3.8, 4) is 10.4 Å². The van der Waals surface area contributed by atoms with Crippen molar-refractivity contribution in [1.29, 1.82) is 0 Å². The summed E-state index contributed by atoms with van der Waals surface area (Å²) < 4.78 is 0. The largest absolute Gasteiger partial charge is 0.367 e. The van der Waals surface area contributed by atoms with Gasteiger partial charge in [-0.05, 0) is 31.4 Å². The van der Waals surface area contributed by atoms with Gasteiger partial charge >= 0.3 is 0 Å². The molecule has 1 N–H and O–H groups in total. The first-order valence-corrected chi connectivity index (χ1v) is 10.8. The van der Waals surface area contributed by atoms with Gasteiger partial charge in [-0.25, -0.2) is 9.97 Å². The Morgan fingerprint density at radius 3 is 2.62 bits per heavy atom. The first-order chi connectivity index (χ1) is 14.0. The number of thiophene rings is 1. The van der Waals surface area contributed by atoms with Crippen molar-refractivity contribution < 1.29 is 4.79 Å². The lowest BCUT2D eigenvalue weighted by Crippen LogP contribution is -2.44. The molecule has 0 radical (unpaired) electrons. The number of nitrogens with one attached hydrogen (secondary N) is 1. The fourth-order valence-electron chi connectivity index (χ4n) is 3.64. The number of likely N-dealkylation sites (N-methyl/N-ethyl adjacent to an activating group) is 1. The van der Waals surface area contributed by atoms with Gasteiger partial charge in [0.1, 0.15) is 16.5 Å². The van der Waals surface area contributed by atoms with E-state index in [1.54, 1.807) is 16.2 Å². The minimum absolute atomic E-state index is 0.163. The van der Waals surface area contributed by atoms with E-state index in [2.05, 4.69) is 45.5 Å². The molecule has 0 spiro atoms. The van der Waals surface area contributed by atoms with E-state index in [0.29, 0.717) is 12.6 Å². The quantitative estimate of drug-likeness (QED) is 0.697. The van der Waals surface area contributed by atoms with E-state index in [1.165, 1.54) is 10.4 Å². The SMILES string of the molecule is Cc1nc(NC2CCN(CC(=O)N(C)C)CC2)c2cc(-c3ccccc3)sc2n1. The van der Waals surface area contributed by atoms with Crippen molar-refractivity contribution in [2.24, 2.45) is 0 Å². The Bertz CT molecular complexity index is 993. The number of amides is 1. The Labute approximate surface area is 175 Å². The molecule has 7 heteroatoms. The number of rotatable bonds is 5. The molecule has 1 aliphatic rings. The van der Waals surface area contributed by atoms with Gasteiger partial charge in [0, 0.05) is 38.1 Å². The third-order valence-corrected chi connectivity index (χ3v) is 6.43. The fraction of sp³-hybridized carbons (Fsp3) is 0.409. The molecule has 1 amide bonds. The zero-order valence-electron chi connectivity index (χ0n) is 17.2. The van der Waals surface area contributed by atoms with Crippen molar-refractivity contribution in [2.75, 3.05) is 39.0 Å². The molecular weight excluding hydrogens is 382 g/mol. The summed E-state index contributed by atoms with van der Waals surface area (Å²) in [5.74, 6) is 1.88. The van der Waals surface area contributed by atoms with Crippen molar-refractivity contribution in [3.05, 3.63) is 42.2 Å².